The Morgan fingerprint density at radius 2 is 2.32 bits per heavy atom. The van der Waals surface area contributed by atoms with Crippen molar-refractivity contribution in [3.63, 3.8) is 0 Å². The summed E-state index contributed by atoms with van der Waals surface area (Å²) >= 11 is 0. The van der Waals surface area contributed by atoms with Crippen LogP contribution in [0.5, 0.6) is 0 Å². The van der Waals surface area contributed by atoms with Crippen LogP contribution in [0.15, 0.2) is 24.3 Å². The summed E-state index contributed by atoms with van der Waals surface area (Å²) in [5.41, 5.74) is 2.34. The van der Waals surface area contributed by atoms with Crippen molar-refractivity contribution >= 4 is 5.91 Å². The molecule has 2 rings (SSSR count). The monoisotopic (exact) mass is 260 g/mol. The van der Waals surface area contributed by atoms with Gasteiger partial charge in [-0.15, -0.1) is 0 Å². The van der Waals surface area contributed by atoms with Gasteiger partial charge in [0.05, 0.1) is 6.42 Å². The predicted molar refractivity (Wildman–Crippen MR) is 78.2 cm³/mol. The summed E-state index contributed by atoms with van der Waals surface area (Å²) in [6, 6.07) is 8.63. The smallest absolute Gasteiger partial charge is 0.227 e. The fourth-order valence-electron chi connectivity index (χ4n) is 2.76. The van der Waals surface area contributed by atoms with Crippen molar-refractivity contribution in [3.8, 4) is 0 Å². The SMILES string of the molecule is CCCN(C(=O)Cc1cccc(C)c1)[C@@H]1CCNC1. The van der Waals surface area contributed by atoms with Crippen LogP contribution in [0.3, 0.4) is 0 Å². The number of aryl methyl sites for hydroxylation is 1. The maximum absolute atomic E-state index is 12.5. The summed E-state index contributed by atoms with van der Waals surface area (Å²) < 4.78 is 0. The van der Waals surface area contributed by atoms with Gasteiger partial charge in [0.1, 0.15) is 0 Å². The molecule has 1 heterocycles. The minimum Gasteiger partial charge on any atom is -0.338 e. The lowest BCUT2D eigenvalue weighted by molar-refractivity contribution is -0.132. The minimum atomic E-state index is 0.265. The van der Waals surface area contributed by atoms with Crippen LogP contribution in [0.25, 0.3) is 0 Å². The van der Waals surface area contributed by atoms with Crippen LogP contribution in [-0.4, -0.2) is 36.5 Å². The molecule has 1 saturated heterocycles. The van der Waals surface area contributed by atoms with Crippen molar-refractivity contribution in [2.75, 3.05) is 19.6 Å². The number of nitrogens with zero attached hydrogens (tertiary/aromatic N) is 1. The van der Waals surface area contributed by atoms with Crippen molar-refractivity contribution in [2.24, 2.45) is 0 Å². The van der Waals surface area contributed by atoms with Crippen LogP contribution in [0.2, 0.25) is 0 Å². The van der Waals surface area contributed by atoms with Crippen molar-refractivity contribution in [1.82, 2.24) is 10.2 Å². The van der Waals surface area contributed by atoms with E-state index in [0.29, 0.717) is 12.5 Å². The first-order valence-electron chi connectivity index (χ1n) is 7.26. The second-order valence-electron chi connectivity index (χ2n) is 5.40. The van der Waals surface area contributed by atoms with Gasteiger partial charge in [-0.1, -0.05) is 36.8 Å². The molecule has 1 aromatic carbocycles. The highest BCUT2D eigenvalue weighted by Crippen LogP contribution is 2.13. The molecule has 1 aliphatic rings. The Hall–Kier alpha value is -1.35. The molecule has 0 bridgehead atoms. The molecule has 0 spiro atoms. The van der Waals surface area contributed by atoms with Gasteiger partial charge in [-0.3, -0.25) is 4.79 Å². The summed E-state index contributed by atoms with van der Waals surface area (Å²) in [7, 11) is 0. The van der Waals surface area contributed by atoms with Gasteiger partial charge < -0.3 is 10.2 Å². The Morgan fingerprint density at radius 3 is 2.95 bits per heavy atom. The van der Waals surface area contributed by atoms with E-state index in [0.717, 1.165) is 38.0 Å². The van der Waals surface area contributed by atoms with E-state index < -0.39 is 0 Å². The van der Waals surface area contributed by atoms with E-state index in [1.165, 1.54) is 5.56 Å². The molecule has 1 amide bonds. The molecule has 19 heavy (non-hydrogen) atoms. The second kappa shape index (κ2) is 6.71. The van der Waals surface area contributed by atoms with Gasteiger partial charge in [0.2, 0.25) is 5.91 Å². The van der Waals surface area contributed by atoms with E-state index in [4.69, 9.17) is 0 Å². The fraction of sp³-hybridized carbons (Fsp3) is 0.562. The Bertz CT molecular complexity index is 425. The Balaban J connectivity index is 2.02. The number of nitrogens with one attached hydrogen (secondary N) is 1. The lowest BCUT2D eigenvalue weighted by Gasteiger charge is -2.28. The first-order valence-corrected chi connectivity index (χ1v) is 7.26. The molecule has 104 valence electrons. The molecular formula is C16H24N2O. The maximum atomic E-state index is 12.5. The summed E-state index contributed by atoms with van der Waals surface area (Å²) in [5.74, 6) is 0.265. The Kier molecular flexibility index (Phi) is 4.97. The number of benzene rings is 1. The lowest BCUT2D eigenvalue weighted by atomic mass is 10.1. The fourth-order valence-corrected chi connectivity index (χ4v) is 2.76. The van der Waals surface area contributed by atoms with Gasteiger partial charge in [0, 0.05) is 19.1 Å². The third kappa shape index (κ3) is 3.80. The van der Waals surface area contributed by atoms with Gasteiger partial charge in [-0.25, -0.2) is 0 Å². The van der Waals surface area contributed by atoms with E-state index in [1.807, 2.05) is 12.1 Å². The molecule has 1 N–H and O–H groups in total. The molecule has 0 saturated carbocycles. The largest absolute Gasteiger partial charge is 0.338 e. The molecule has 1 fully saturated rings. The van der Waals surface area contributed by atoms with Gasteiger partial charge in [-0.2, -0.15) is 0 Å². The zero-order chi connectivity index (χ0) is 13.7. The summed E-state index contributed by atoms with van der Waals surface area (Å²) in [5, 5.41) is 3.35. The molecule has 1 aromatic rings. The van der Waals surface area contributed by atoms with Gasteiger partial charge >= 0.3 is 0 Å². The standard InChI is InChI=1S/C16H24N2O/c1-3-9-18(15-7-8-17-12-15)16(19)11-14-6-4-5-13(2)10-14/h4-6,10,15,17H,3,7-9,11-12H2,1-2H3/t15-/m1/s1. The minimum absolute atomic E-state index is 0.265. The lowest BCUT2D eigenvalue weighted by Crippen LogP contribution is -2.42. The van der Waals surface area contributed by atoms with E-state index in [9.17, 15) is 4.79 Å². The highest BCUT2D eigenvalue weighted by atomic mass is 16.2. The van der Waals surface area contributed by atoms with Crippen molar-refractivity contribution in [1.29, 1.82) is 0 Å². The van der Waals surface area contributed by atoms with Gasteiger partial charge in [0.15, 0.2) is 0 Å². The quantitative estimate of drug-likeness (QED) is 0.879. The van der Waals surface area contributed by atoms with Crippen molar-refractivity contribution < 1.29 is 4.79 Å². The molecule has 3 heteroatoms. The van der Waals surface area contributed by atoms with Crippen molar-refractivity contribution in [2.45, 2.75) is 39.2 Å². The third-order valence-electron chi connectivity index (χ3n) is 3.70. The number of carbonyl (C=O) groups is 1. The zero-order valence-electron chi connectivity index (χ0n) is 12.0. The molecule has 0 radical (unpaired) electrons. The van der Waals surface area contributed by atoms with Gasteiger partial charge in [0.25, 0.3) is 0 Å². The van der Waals surface area contributed by atoms with E-state index in [2.05, 4.69) is 36.2 Å². The van der Waals surface area contributed by atoms with Crippen LogP contribution >= 0.6 is 0 Å². The zero-order valence-corrected chi connectivity index (χ0v) is 12.0. The van der Waals surface area contributed by atoms with Crippen LogP contribution in [-0.2, 0) is 11.2 Å². The molecule has 1 atom stereocenters. The van der Waals surface area contributed by atoms with Crippen LogP contribution in [0.1, 0.15) is 30.9 Å². The molecule has 0 aromatic heterocycles. The highest BCUT2D eigenvalue weighted by molar-refractivity contribution is 5.79. The summed E-state index contributed by atoms with van der Waals surface area (Å²) in [6.45, 7) is 7.05. The average Bonchev–Trinajstić information content (AvgIpc) is 2.89. The number of rotatable bonds is 5. The van der Waals surface area contributed by atoms with Crippen LogP contribution in [0, 0.1) is 6.92 Å². The molecule has 0 unspecified atom stereocenters. The predicted octanol–water partition coefficient (Wildman–Crippen LogP) is 2.14. The first kappa shape index (κ1) is 14.1. The second-order valence-corrected chi connectivity index (χ2v) is 5.40. The summed E-state index contributed by atoms with van der Waals surface area (Å²) in [6.07, 6.45) is 2.63. The topological polar surface area (TPSA) is 32.3 Å². The molecule has 0 aliphatic carbocycles. The third-order valence-corrected chi connectivity index (χ3v) is 3.70. The summed E-state index contributed by atoms with van der Waals surface area (Å²) in [4.78, 5) is 14.6. The van der Waals surface area contributed by atoms with E-state index >= 15 is 0 Å². The van der Waals surface area contributed by atoms with Gasteiger partial charge in [-0.05, 0) is 31.9 Å². The molecule has 3 nitrogen and oxygen atoms in total. The normalized spacial score (nSPS) is 18.5. The Morgan fingerprint density at radius 1 is 1.47 bits per heavy atom. The number of amides is 1. The molecular weight excluding hydrogens is 236 g/mol. The van der Waals surface area contributed by atoms with Crippen LogP contribution < -0.4 is 5.32 Å². The van der Waals surface area contributed by atoms with E-state index in [1.54, 1.807) is 0 Å². The van der Waals surface area contributed by atoms with E-state index in [-0.39, 0.29) is 5.91 Å². The highest BCUT2D eigenvalue weighted by Gasteiger charge is 2.25. The number of carbonyl (C=O) groups excluding carboxylic acids is 1. The van der Waals surface area contributed by atoms with Crippen LogP contribution in [0.4, 0.5) is 0 Å². The maximum Gasteiger partial charge on any atom is 0.227 e. The number of hydrogen-bond donors (Lipinski definition) is 1. The van der Waals surface area contributed by atoms with Crippen molar-refractivity contribution in [3.05, 3.63) is 35.4 Å². The Labute approximate surface area is 116 Å². The molecule has 1 aliphatic heterocycles. The number of hydrogen-bond acceptors (Lipinski definition) is 2. The first-order chi connectivity index (χ1) is 9.20. The average molecular weight is 260 g/mol.